The van der Waals surface area contributed by atoms with Gasteiger partial charge in [-0.05, 0) is 19.4 Å². The number of carbonyl (C=O) groups excluding carboxylic acids is 2. The van der Waals surface area contributed by atoms with Crippen LogP contribution in [0, 0.1) is 0 Å². The summed E-state index contributed by atoms with van der Waals surface area (Å²) in [5.41, 5.74) is 1.84. The van der Waals surface area contributed by atoms with Crippen molar-refractivity contribution in [3.05, 3.63) is 11.1 Å². The van der Waals surface area contributed by atoms with Gasteiger partial charge in [0.25, 0.3) is 0 Å². The predicted molar refractivity (Wildman–Crippen MR) is 70.6 cm³/mol. The van der Waals surface area contributed by atoms with Crippen LogP contribution < -0.4 is 10.6 Å². The van der Waals surface area contributed by atoms with Crippen LogP contribution in [-0.2, 0) is 14.3 Å². The molecule has 2 fully saturated rings. The Balaban J connectivity index is 1.87. The number of ether oxygens (including phenoxy) is 1. The van der Waals surface area contributed by atoms with Gasteiger partial charge < -0.3 is 20.3 Å². The van der Waals surface area contributed by atoms with E-state index in [0.29, 0.717) is 26.3 Å². The van der Waals surface area contributed by atoms with Gasteiger partial charge in [-0.25, -0.2) is 0 Å². The lowest BCUT2D eigenvalue weighted by atomic mass is 10.0. The van der Waals surface area contributed by atoms with Crippen molar-refractivity contribution in [3.8, 4) is 0 Å². The molecule has 2 amide bonds. The molecule has 2 rings (SSSR count). The van der Waals surface area contributed by atoms with E-state index < -0.39 is 6.04 Å². The molecule has 0 radical (unpaired) electrons. The van der Waals surface area contributed by atoms with E-state index in [1.165, 1.54) is 0 Å². The largest absolute Gasteiger partial charge is 0.378 e. The van der Waals surface area contributed by atoms with E-state index in [2.05, 4.69) is 10.6 Å². The standard InChI is InChI=1S/C13H21N3O3/c1-9(11-7-14-8-11)12(17)15-10(2)13(18)16-3-5-19-6-4-16/h10,14H,3-8H2,1-2H3,(H,15,17). The molecule has 2 aliphatic rings. The van der Waals surface area contributed by atoms with Gasteiger partial charge >= 0.3 is 0 Å². The molecule has 0 aromatic heterocycles. The molecule has 2 heterocycles. The Hall–Kier alpha value is -1.40. The lowest BCUT2D eigenvalue weighted by Crippen LogP contribution is -2.51. The molecule has 0 saturated carbocycles. The highest BCUT2D eigenvalue weighted by Gasteiger charge is 2.25. The lowest BCUT2D eigenvalue weighted by molar-refractivity contribution is -0.138. The van der Waals surface area contributed by atoms with Crippen LogP contribution in [0.4, 0.5) is 0 Å². The van der Waals surface area contributed by atoms with Crippen molar-refractivity contribution in [2.45, 2.75) is 19.9 Å². The van der Waals surface area contributed by atoms with Crippen LogP contribution in [0.5, 0.6) is 0 Å². The van der Waals surface area contributed by atoms with Crippen LogP contribution in [0.1, 0.15) is 13.8 Å². The molecule has 19 heavy (non-hydrogen) atoms. The maximum Gasteiger partial charge on any atom is 0.247 e. The van der Waals surface area contributed by atoms with Gasteiger partial charge in [-0.2, -0.15) is 0 Å². The molecule has 6 nitrogen and oxygen atoms in total. The first-order valence-electron chi connectivity index (χ1n) is 6.66. The molecule has 2 N–H and O–H groups in total. The van der Waals surface area contributed by atoms with E-state index in [9.17, 15) is 9.59 Å². The number of carbonyl (C=O) groups is 2. The molecule has 2 saturated heterocycles. The SMILES string of the molecule is CC(C(=O)NC(C)C(=O)N1CCOCC1)=C1CNC1. The number of hydrogen-bond donors (Lipinski definition) is 2. The van der Waals surface area contributed by atoms with Gasteiger partial charge in [-0.15, -0.1) is 0 Å². The molecule has 2 aliphatic heterocycles. The van der Waals surface area contributed by atoms with Gasteiger partial charge in [0.05, 0.1) is 13.2 Å². The fraction of sp³-hybridized carbons (Fsp3) is 0.692. The maximum absolute atomic E-state index is 12.1. The number of hydrogen-bond acceptors (Lipinski definition) is 4. The third-order valence-electron chi connectivity index (χ3n) is 3.59. The second-order valence-corrected chi connectivity index (χ2v) is 4.96. The Morgan fingerprint density at radius 2 is 1.95 bits per heavy atom. The molecule has 1 unspecified atom stereocenters. The van der Waals surface area contributed by atoms with Crippen molar-refractivity contribution < 1.29 is 14.3 Å². The molecule has 0 spiro atoms. The van der Waals surface area contributed by atoms with Gasteiger partial charge in [0, 0.05) is 31.8 Å². The Morgan fingerprint density at radius 1 is 1.32 bits per heavy atom. The molecule has 1 atom stereocenters. The predicted octanol–water partition coefficient (Wildman–Crippen LogP) is -0.730. The van der Waals surface area contributed by atoms with Crippen LogP contribution in [-0.4, -0.2) is 62.1 Å². The summed E-state index contributed by atoms with van der Waals surface area (Å²) in [6.45, 7) is 7.41. The Kier molecular flexibility index (Phi) is 4.55. The van der Waals surface area contributed by atoms with Gasteiger partial charge in [-0.1, -0.05) is 0 Å². The third kappa shape index (κ3) is 3.33. The van der Waals surface area contributed by atoms with Crippen LogP contribution >= 0.6 is 0 Å². The van der Waals surface area contributed by atoms with Gasteiger partial charge in [-0.3, -0.25) is 9.59 Å². The van der Waals surface area contributed by atoms with Crippen LogP contribution in [0.25, 0.3) is 0 Å². The van der Waals surface area contributed by atoms with Crippen molar-refractivity contribution >= 4 is 11.8 Å². The van der Waals surface area contributed by atoms with E-state index in [-0.39, 0.29) is 11.8 Å². The quantitative estimate of drug-likeness (QED) is 0.661. The first kappa shape index (κ1) is 14.0. The van der Waals surface area contributed by atoms with E-state index in [1.807, 2.05) is 0 Å². The first-order chi connectivity index (χ1) is 9.09. The van der Waals surface area contributed by atoms with Crippen LogP contribution in [0.2, 0.25) is 0 Å². The minimum atomic E-state index is -0.491. The second-order valence-electron chi connectivity index (χ2n) is 4.96. The average Bonchev–Trinajstić information content (AvgIpc) is 2.36. The number of amides is 2. The minimum Gasteiger partial charge on any atom is -0.378 e. The molecule has 6 heteroatoms. The number of nitrogens with one attached hydrogen (secondary N) is 2. The van der Waals surface area contributed by atoms with Crippen molar-refractivity contribution in [2.75, 3.05) is 39.4 Å². The zero-order chi connectivity index (χ0) is 13.8. The number of rotatable bonds is 3. The Labute approximate surface area is 113 Å². The van der Waals surface area contributed by atoms with Crippen molar-refractivity contribution in [1.82, 2.24) is 15.5 Å². The first-order valence-corrected chi connectivity index (χ1v) is 6.66. The van der Waals surface area contributed by atoms with E-state index in [4.69, 9.17) is 4.74 Å². The van der Waals surface area contributed by atoms with Crippen molar-refractivity contribution in [3.63, 3.8) is 0 Å². The van der Waals surface area contributed by atoms with Gasteiger partial charge in [0.2, 0.25) is 11.8 Å². The molecule has 0 bridgehead atoms. The fourth-order valence-corrected chi connectivity index (χ4v) is 2.10. The second kappa shape index (κ2) is 6.16. The summed E-state index contributed by atoms with van der Waals surface area (Å²) >= 11 is 0. The lowest BCUT2D eigenvalue weighted by Gasteiger charge is -2.29. The summed E-state index contributed by atoms with van der Waals surface area (Å²) in [5.74, 6) is -0.188. The molecular formula is C13H21N3O3. The summed E-state index contributed by atoms with van der Waals surface area (Å²) < 4.78 is 5.21. The highest BCUT2D eigenvalue weighted by Crippen LogP contribution is 2.09. The third-order valence-corrected chi connectivity index (χ3v) is 3.59. The summed E-state index contributed by atoms with van der Waals surface area (Å²) in [6, 6.07) is -0.491. The van der Waals surface area contributed by atoms with Crippen LogP contribution in [0.3, 0.4) is 0 Å². The number of morpholine rings is 1. The van der Waals surface area contributed by atoms with Gasteiger partial charge in [0.1, 0.15) is 6.04 Å². The molecule has 0 aromatic rings. The van der Waals surface area contributed by atoms with Crippen molar-refractivity contribution in [2.24, 2.45) is 0 Å². The zero-order valence-corrected chi connectivity index (χ0v) is 11.5. The Bertz CT molecular complexity index is 394. The zero-order valence-electron chi connectivity index (χ0n) is 11.5. The summed E-state index contributed by atoms with van der Waals surface area (Å²) in [7, 11) is 0. The molecule has 0 aromatic carbocycles. The summed E-state index contributed by atoms with van der Waals surface area (Å²) in [5, 5.41) is 5.87. The Morgan fingerprint density at radius 3 is 2.47 bits per heavy atom. The van der Waals surface area contributed by atoms with E-state index >= 15 is 0 Å². The number of nitrogens with zero attached hydrogens (tertiary/aromatic N) is 1. The molecular weight excluding hydrogens is 246 g/mol. The van der Waals surface area contributed by atoms with Gasteiger partial charge in [0.15, 0.2) is 0 Å². The minimum absolute atomic E-state index is 0.0406. The molecule has 0 aliphatic carbocycles. The fourth-order valence-electron chi connectivity index (χ4n) is 2.10. The van der Waals surface area contributed by atoms with E-state index in [0.717, 1.165) is 24.2 Å². The normalized spacial score (nSPS) is 20.5. The van der Waals surface area contributed by atoms with E-state index in [1.54, 1.807) is 18.7 Å². The maximum atomic E-state index is 12.1. The summed E-state index contributed by atoms with van der Waals surface area (Å²) in [6.07, 6.45) is 0. The highest BCUT2D eigenvalue weighted by atomic mass is 16.5. The summed E-state index contributed by atoms with van der Waals surface area (Å²) in [4.78, 5) is 25.9. The monoisotopic (exact) mass is 267 g/mol. The van der Waals surface area contributed by atoms with Crippen LogP contribution in [0.15, 0.2) is 11.1 Å². The topological polar surface area (TPSA) is 70.7 Å². The highest BCUT2D eigenvalue weighted by molar-refractivity contribution is 5.97. The smallest absolute Gasteiger partial charge is 0.247 e. The van der Waals surface area contributed by atoms with Crippen molar-refractivity contribution in [1.29, 1.82) is 0 Å². The molecule has 106 valence electrons. The average molecular weight is 267 g/mol.